The highest BCUT2D eigenvalue weighted by atomic mass is 32.1. The maximum Gasteiger partial charge on any atom is 0.345 e. The number of hydrogen-bond acceptors (Lipinski definition) is 8. The van der Waals surface area contributed by atoms with Gasteiger partial charge in [-0.3, -0.25) is 4.90 Å². The molecule has 9 heteroatoms. The van der Waals surface area contributed by atoms with Gasteiger partial charge in [-0.1, -0.05) is 5.16 Å². The summed E-state index contributed by atoms with van der Waals surface area (Å²) in [5, 5.41) is 13.2. The molecule has 2 aliphatic rings. The average molecular weight is 379 g/mol. The molecule has 0 saturated carbocycles. The van der Waals surface area contributed by atoms with Gasteiger partial charge in [0.2, 0.25) is 5.89 Å². The zero-order chi connectivity index (χ0) is 18.1. The lowest BCUT2D eigenvalue weighted by Crippen LogP contribution is -2.45. The normalized spacial score (nSPS) is 19.6. The number of thiophene rings is 1. The van der Waals surface area contributed by atoms with Gasteiger partial charge in [0.15, 0.2) is 5.82 Å². The number of fused-ring (bicyclic) bond motifs is 2. The molecule has 0 radical (unpaired) electrons. The van der Waals surface area contributed by atoms with E-state index in [0.717, 1.165) is 42.8 Å². The van der Waals surface area contributed by atoms with Crippen LogP contribution in [0.25, 0.3) is 0 Å². The number of nitrogens with zero attached hydrogens (tertiary/aromatic N) is 3. The molecule has 1 N–H and O–H groups in total. The topological polar surface area (TPSA) is 97.9 Å². The van der Waals surface area contributed by atoms with Crippen molar-refractivity contribution in [1.82, 2.24) is 15.0 Å². The predicted molar refractivity (Wildman–Crippen MR) is 92.1 cm³/mol. The molecule has 0 aromatic carbocycles. The Hall–Kier alpha value is -1.81. The molecule has 0 amide bonds. The van der Waals surface area contributed by atoms with Gasteiger partial charge in [0.1, 0.15) is 11.5 Å². The summed E-state index contributed by atoms with van der Waals surface area (Å²) in [6.07, 6.45) is 2.45. The van der Waals surface area contributed by atoms with E-state index < -0.39 is 5.97 Å². The number of carbonyl (C=O) groups is 1. The van der Waals surface area contributed by atoms with Gasteiger partial charge in [0.25, 0.3) is 0 Å². The number of carboxylic acids is 1. The largest absolute Gasteiger partial charge is 0.477 e. The average Bonchev–Trinajstić information content (AvgIpc) is 3.25. The number of carboxylic acid groups (broad SMARTS) is 1. The molecule has 140 valence electrons. The summed E-state index contributed by atoms with van der Waals surface area (Å²) < 4.78 is 16.4. The van der Waals surface area contributed by atoms with Crippen LogP contribution in [0.2, 0.25) is 0 Å². The van der Waals surface area contributed by atoms with Gasteiger partial charge in [0, 0.05) is 31.5 Å². The van der Waals surface area contributed by atoms with E-state index in [-0.39, 0.29) is 5.60 Å². The maximum atomic E-state index is 11.3. The second-order valence-corrected chi connectivity index (χ2v) is 7.80. The predicted octanol–water partition coefficient (Wildman–Crippen LogP) is 2.04. The molecule has 1 spiro atoms. The van der Waals surface area contributed by atoms with Crippen LogP contribution in [-0.4, -0.2) is 52.9 Å². The Balaban J connectivity index is 1.44. The molecule has 4 heterocycles. The number of ether oxygens (including phenoxy) is 2. The molecular weight excluding hydrogens is 358 g/mol. The Morgan fingerprint density at radius 1 is 1.46 bits per heavy atom. The first-order chi connectivity index (χ1) is 12.6. The van der Waals surface area contributed by atoms with Gasteiger partial charge in [0.05, 0.1) is 18.8 Å². The zero-order valence-corrected chi connectivity index (χ0v) is 15.4. The van der Waals surface area contributed by atoms with E-state index in [2.05, 4.69) is 15.0 Å². The Morgan fingerprint density at radius 3 is 3.00 bits per heavy atom. The monoisotopic (exact) mass is 379 g/mol. The number of aromatic nitrogens is 2. The molecule has 0 aliphatic carbocycles. The summed E-state index contributed by atoms with van der Waals surface area (Å²) in [7, 11) is 1.60. The fourth-order valence-electron chi connectivity index (χ4n) is 3.74. The van der Waals surface area contributed by atoms with Gasteiger partial charge in [-0.25, -0.2) is 4.79 Å². The third-order valence-corrected chi connectivity index (χ3v) is 6.21. The maximum absolute atomic E-state index is 11.3. The van der Waals surface area contributed by atoms with Gasteiger partial charge >= 0.3 is 5.97 Å². The van der Waals surface area contributed by atoms with E-state index in [0.29, 0.717) is 36.4 Å². The van der Waals surface area contributed by atoms with Crippen molar-refractivity contribution in [1.29, 1.82) is 0 Å². The Bertz CT molecular complexity index is 794. The van der Waals surface area contributed by atoms with Crippen molar-refractivity contribution in [2.45, 2.75) is 38.0 Å². The van der Waals surface area contributed by atoms with Gasteiger partial charge in [-0.15, -0.1) is 11.3 Å². The highest BCUT2D eigenvalue weighted by Gasteiger charge is 2.42. The van der Waals surface area contributed by atoms with Gasteiger partial charge < -0.3 is 19.1 Å². The lowest BCUT2D eigenvalue weighted by Gasteiger charge is -2.43. The van der Waals surface area contributed by atoms with Crippen molar-refractivity contribution in [3.8, 4) is 0 Å². The molecule has 2 aromatic heterocycles. The number of hydrogen-bond donors (Lipinski definition) is 1. The van der Waals surface area contributed by atoms with Crippen molar-refractivity contribution in [2.75, 3.05) is 26.8 Å². The molecule has 2 aliphatic heterocycles. The summed E-state index contributed by atoms with van der Waals surface area (Å²) in [6.45, 7) is 3.26. The minimum absolute atomic E-state index is 0.341. The number of piperidine rings is 1. The summed E-state index contributed by atoms with van der Waals surface area (Å²) in [4.78, 5) is 19.5. The second-order valence-electron chi connectivity index (χ2n) is 6.66. The van der Waals surface area contributed by atoms with Crippen molar-refractivity contribution in [3.63, 3.8) is 0 Å². The summed E-state index contributed by atoms with van der Waals surface area (Å²) in [6, 6.07) is 1.81. The Kier molecular flexibility index (Phi) is 4.78. The first-order valence-electron chi connectivity index (χ1n) is 8.63. The highest BCUT2D eigenvalue weighted by molar-refractivity contribution is 7.14. The van der Waals surface area contributed by atoms with Crippen LogP contribution in [0.1, 0.15) is 44.7 Å². The molecule has 0 bridgehead atoms. The van der Waals surface area contributed by atoms with Crippen LogP contribution in [-0.2, 0) is 34.6 Å². The summed E-state index contributed by atoms with van der Waals surface area (Å²) >= 11 is 1.38. The number of rotatable bonds is 5. The van der Waals surface area contributed by atoms with Crippen LogP contribution in [0.5, 0.6) is 0 Å². The van der Waals surface area contributed by atoms with E-state index in [9.17, 15) is 9.90 Å². The third kappa shape index (κ3) is 3.27. The van der Waals surface area contributed by atoms with Gasteiger partial charge in [-0.05, 0) is 24.5 Å². The van der Waals surface area contributed by atoms with Gasteiger partial charge in [-0.2, -0.15) is 4.98 Å². The number of aromatic carboxylic acids is 1. The van der Waals surface area contributed by atoms with Crippen molar-refractivity contribution < 1.29 is 23.9 Å². The van der Waals surface area contributed by atoms with E-state index in [1.807, 2.05) is 6.07 Å². The summed E-state index contributed by atoms with van der Waals surface area (Å²) in [5.41, 5.74) is 0.718. The van der Waals surface area contributed by atoms with Crippen LogP contribution in [0.3, 0.4) is 0 Å². The van der Waals surface area contributed by atoms with E-state index >= 15 is 0 Å². The lowest BCUT2D eigenvalue weighted by molar-refractivity contribution is -0.0988. The first kappa shape index (κ1) is 17.6. The number of likely N-dealkylation sites (tertiary alicyclic amines) is 1. The van der Waals surface area contributed by atoms with Crippen LogP contribution in [0, 0.1) is 0 Å². The van der Waals surface area contributed by atoms with E-state index in [4.69, 9.17) is 14.0 Å². The quantitative estimate of drug-likeness (QED) is 0.843. The summed E-state index contributed by atoms with van der Waals surface area (Å²) in [5.74, 6) is 0.276. The molecule has 2 aromatic rings. The lowest BCUT2D eigenvalue weighted by atomic mass is 9.82. The van der Waals surface area contributed by atoms with E-state index in [1.54, 1.807) is 7.11 Å². The molecule has 4 rings (SSSR count). The molecule has 26 heavy (non-hydrogen) atoms. The SMILES string of the molecule is COCc1noc(CN2CCC3(CC2)OCCc2sc(C(=O)O)cc23)n1. The fourth-order valence-corrected chi connectivity index (χ4v) is 4.81. The van der Waals surface area contributed by atoms with Crippen LogP contribution in [0.4, 0.5) is 0 Å². The fraction of sp³-hybridized carbons (Fsp3) is 0.588. The smallest absolute Gasteiger partial charge is 0.345 e. The van der Waals surface area contributed by atoms with Crippen molar-refractivity contribution in [2.24, 2.45) is 0 Å². The number of methoxy groups -OCH3 is 1. The first-order valence-corrected chi connectivity index (χ1v) is 9.44. The third-order valence-electron chi connectivity index (χ3n) is 5.02. The minimum Gasteiger partial charge on any atom is -0.477 e. The molecule has 0 atom stereocenters. The zero-order valence-electron chi connectivity index (χ0n) is 14.6. The molecule has 1 saturated heterocycles. The standard InChI is InChI=1S/C17H21N3O5S/c1-23-10-14-18-15(25-19-14)9-20-5-3-17(4-6-20)11-8-13(16(21)22)26-12(11)2-7-24-17/h8H,2-7,9-10H2,1H3,(H,21,22). The minimum atomic E-state index is -0.861. The van der Waals surface area contributed by atoms with Crippen LogP contribution in [0.15, 0.2) is 10.6 Å². The Morgan fingerprint density at radius 2 is 2.27 bits per heavy atom. The molecule has 1 fully saturated rings. The van der Waals surface area contributed by atoms with Crippen molar-refractivity contribution in [3.05, 3.63) is 33.1 Å². The van der Waals surface area contributed by atoms with Crippen LogP contribution < -0.4 is 0 Å². The molecular formula is C17H21N3O5S. The van der Waals surface area contributed by atoms with E-state index in [1.165, 1.54) is 11.3 Å². The van der Waals surface area contributed by atoms with Crippen molar-refractivity contribution >= 4 is 17.3 Å². The highest BCUT2D eigenvalue weighted by Crippen LogP contribution is 2.44. The Labute approximate surface area is 154 Å². The molecule has 8 nitrogen and oxygen atoms in total. The van der Waals surface area contributed by atoms with Crippen LogP contribution >= 0.6 is 11.3 Å². The second kappa shape index (κ2) is 7.07. The molecule has 0 unspecified atom stereocenters.